The third-order valence-corrected chi connectivity index (χ3v) is 3.78. The van der Waals surface area contributed by atoms with Gasteiger partial charge in [0.1, 0.15) is 6.54 Å². The van der Waals surface area contributed by atoms with Gasteiger partial charge < -0.3 is 10.0 Å². The van der Waals surface area contributed by atoms with Gasteiger partial charge in [0.2, 0.25) is 5.91 Å². The van der Waals surface area contributed by atoms with Crippen LogP contribution < -0.4 is 4.90 Å². The van der Waals surface area contributed by atoms with Crippen molar-refractivity contribution in [1.29, 1.82) is 0 Å². The van der Waals surface area contributed by atoms with Gasteiger partial charge in [-0.25, -0.2) is 9.97 Å². The van der Waals surface area contributed by atoms with Crippen molar-refractivity contribution in [2.45, 2.75) is 19.0 Å². The highest BCUT2D eigenvalue weighted by Crippen LogP contribution is 2.18. The minimum absolute atomic E-state index is 0.0745. The van der Waals surface area contributed by atoms with Gasteiger partial charge in [0, 0.05) is 17.1 Å². The Labute approximate surface area is 138 Å². The van der Waals surface area contributed by atoms with E-state index in [0.717, 1.165) is 11.4 Å². The van der Waals surface area contributed by atoms with Crippen molar-refractivity contribution in [2.24, 2.45) is 0 Å². The van der Waals surface area contributed by atoms with E-state index in [-0.39, 0.29) is 18.2 Å². The number of carbonyl (C=O) groups is 2. The molecular weight excluding hydrogens is 314 g/mol. The number of carboxylic acid groups (broad SMARTS) is 1. The van der Waals surface area contributed by atoms with E-state index in [9.17, 15) is 9.59 Å². The second-order valence-corrected chi connectivity index (χ2v) is 5.87. The highest BCUT2D eigenvalue weighted by molar-refractivity contribution is 7.99. The number of aromatic nitrogens is 2. The molecule has 2 aromatic rings. The first-order valence-electron chi connectivity index (χ1n) is 6.98. The molecule has 120 valence electrons. The fourth-order valence-corrected chi connectivity index (χ4v) is 2.85. The van der Waals surface area contributed by atoms with Crippen molar-refractivity contribution in [3.8, 4) is 0 Å². The van der Waals surface area contributed by atoms with Crippen LogP contribution in [0.5, 0.6) is 0 Å². The quantitative estimate of drug-likeness (QED) is 0.646. The normalized spacial score (nSPS) is 10.3. The van der Waals surface area contributed by atoms with Gasteiger partial charge in [0.15, 0.2) is 5.16 Å². The van der Waals surface area contributed by atoms with Crippen LogP contribution in [0.1, 0.15) is 11.4 Å². The number of hydrogen-bond acceptors (Lipinski definition) is 5. The highest BCUT2D eigenvalue weighted by Gasteiger charge is 2.19. The first-order chi connectivity index (χ1) is 11.0. The van der Waals surface area contributed by atoms with Crippen molar-refractivity contribution in [3.05, 3.63) is 47.8 Å². The summed E-state index contributed by atoms with van der Waals surface area (Å²) < 4.78 is 0. The van der Waals surface area contributed by atoms with Crippen LogP contribution in [0.2, 0.25) is 0 Å². The molecule has 0 unspecified atom stereocenters. The predicted molar refractivity (Wildman–Crippen MR) is 88.7 cm³/mol. The summed E-state index contributed by atoms with van der Waals surface area (Å²) in [4.78, 5) is 33.2. The molecule has 1 aromatic carbocycles. The number of amides is 1. The molecule has 0 bridgehead atoms. The largest absolute Gasteiger partial charge is 0.480 e. The van der Waals surface area contributed by atoms with Gasteiger partial charge >= 0.3 is 5.97 Å². The molecule has 23 heavy (non-hydrogen) atoms. The lowest BCUT2D eigenvalue weighted by Gasteiger charge is -2.20. The van der Waals surface area contributed by atoms with Crippen molar-refractivity contribution in [1.82, 2.24) is 9.97 Å². The van der Waals surface area contributed by atoms with Crippen LogP contribution in [0.4, 0.5) is 5.69 Å². The monoisotopic (exact) mass is 331 g/mol. The SMILES string of the molecule is Cc1cc(C)nc(SCC(=O)N(CC(=O)O)c2ccccc2)n1. The molecular formula is C16H17N3O3S. The number of para-hydroxylation sites is 1. The standard InChI is InChI=1S/C16H17N3O3S/c1-11-8-12(2)18-16(17-11)23-10-14(20)19(9-15(21)22)13-6-4-3-5-7-13/h3-8H,9-10H2,1-2H3,(H,21,22). The molecule has 0 aliphatic heterocycles. The van der Waals surface area contributed by atoms with E-state index in [4.69, 9.17) is 5.11 Å². The Morgan fingerprint density at radius 3 is 2.30 bits per heavy atom. The molecule has 0 radical (unpaired) electrons. The van der Waals surface area contributed by atoms with E-state index in [1.54, 1.807) is 24.3 Å². The average molecular weight is 331 g/mol. The van der Waals surface area contributed by atoms with Gasteiger partial charge in [-0.05, 0) is 32.0 Å². The smallest absolute Gasteiger partial charge is 0.323 e. The van der Waals surface area contributed by atoms with Crippen LogP contribution in [0.25, 0.3) is 0 Å². The van der Waals surface area contributed by atoms with Crippen molar-refractivity contribution in [2.75, 3.05) is 17.2 Å². The molecule has 1 amide bonds. The number of carbonyl (C=O) groups excluding carboxylic acids is 1. The first kappa shape index (κ1) is 17.0. The Bertz CT molecular complexity index is 687. The van der Waals surface area contributed by atoms with Gasteiger partial charge in [-0.1, -0.05) is 30.0 Å². The summed E-state index contributed by atoms with van der Waals surface area (Å²) >= 11 is 1.20. The Morgan fingerprint density at radius 2 is 1.74 bits per heavy atom. The number of rotatable bonds is 6. The van der Waals surface area contributed by atoms with Crippen LogP contribution in [0.3, 0.4) is 0 Å². The lowest BCUT2D eigenvalue weighted by molar-refractivity contribution is -0.136. The zero-order valence-corrected chi connectivity index (χ0v) is 13.7. The minimum atomic E-state index is -1.06. The van der Waals surface area contributed by atoms with Crippen LogP contribution in [-0.2, 0) is 9.59 Å². The summed E-state index contributed by atoms with van der Waals surface area (Å²) in [6, 6.07) is 10.6. The van der Waals surface area contributed by atoms with Crippen LogP contribution in [0, 0.1) is 13.8 Å². The predicted octanol–water partition coefficient (Wildman–Crippen LogP) is 2.30. The topological polar surface area (TPSA) is 83.4 Å². The number of carboxylic acids is 1. The molecule has 0 saturated carbocycles. The third kappa shape index (κ3) is 5.07. The summed E-state index contributed by atoms with van der Waals surface area (Å²) in [7, 11) is 0. The number of aryl methyl sites for hydroxylation is 2. The fourth-order valence-electron chi connectivity index (χ4n) is 2.03. The summed E-state index contributed by atoms with van der Waals surface area (Å²) in [5.41, 5.74) is 2.22. The van der Waals surface area contributed by atoms with Crippen LogP contribution >= 0.6 is 11.8 Å². The van der Waals surface area contributed by atoms with Gasteiger partial charge in [0.25, 0.3) is 0 Å². The third-order valence-electron chi connectivity index (χ3n) is 2.95. The molecule has 0 fully saturated rings. The van der Waals surface area contributed by atoms with E-state index in [1.807, 2.05) is 26.0 Å². The van der Waals surface area contributed by atoms with E-state index in [2.05, 4.69) is 9.97 Å². The minimum Gasteiger partial charge on any atom is -0.480 e. The molecule has 0 atom stereocenters. The summed E-state index contributed by atoms with van der Waals surface area (Å²) in [5.74, 6) is -1.29. The van der Waals surface area contributed by atoms with Gasteiger partial charge in [-0.3, -0.25) is 9.59 Å². The molecule has 0 aliphatic rings. The fraction of sp³-hybridized carbons (Fsp3) is 0.250. The first-order valence-corrected chi connectivity index (χ1v) is 7.96. The summed E-state index contributed by atoms with van der Waals surface area (Å²) in [5, 5.41) is 9.54. The van der Waals surface area contributed by atoms with E-state index < -0.39 is 5.97 Å². The van der Waals surface area contributed by atoms with Crippen LogP contribution in [-0.4, -0.2) is 39.2 Å². The zero-order chi connectivity index (χ0) is 16.8. The van der Waals surface area contributed by atoms with E-state index in [1.165, 1.54) is 16.7 Å². The molecule has 2 rings (SSSR count). The Kier molecular flexibility index (Phi) is 5.70. The van der Waals surface area contributed by atoms with Crippen molar-refractivity contribution >= 4 is 29.3 Å². The van der Waals surface area contributed by atoms with Crippen molar-refractivity contribution in [3.63, 3.8) is 0 Å². The maximum absolute atomic E-state index is 12.4. The van der Waals surface area contributed by atoms with Gasteiger partial charge in [-0.2, -0.15) is 0 Å². The summed E-state index contributed by atoms with van der Waals surface area (Å²) in [6.45, 7) is 3.35. The van der Waals surface area contributed by atoms with Crippen molar-refractivity contribution < 1.29 is 14.7 Å². The molecule has 1 N–H and O–H groups in total. The molecule has 7 heteroatoms. The molecule has 1 heterocycles. The number of benzene rings is 1. The lowest BCUT2D eigenvalue weighted by atomic mass is 10.3. The number of hydrogen-bond donors (Lipinski definition) is 1. The van der Waals surface area contributed by atoms with E-state index in [0.29, 0.717) is 10.8 Å². The lowest BCUT2D eigenvalue weighted by Crippen LogP contribution is -2.36. The number of nitrogens with zero attached hydrogens (tertiary/aromatic N) is 3. The van der Waals surface area contributed by atoms with E-state index >= 15 is 0 Å². The Hall–Kier alpha value is -2.41. The average Bonchev–Trinajstić information content (AvgIpc) is 2.50. The number of aliphatic carboxylic acids is 1. The number of thioether (sulfide) groups is 1. The van der Waals surface area contributed by atoms with Gasteiger partial charge in [-0.15, -0.1) is 0 Å². The second kappa shape index (κ2) is 7.73. The molecule has 6 nitrogen and oxygen atoms in total. The maximum atomic E-state index is 12.4. The maximum Gasteiger partial charge on any atom is 0.323 e. The summed E-state index contributed by atoms with van der Waals surface area (Å²) in [6.07, 6.45) is 0. The number of anilines is 1. The molecule has 0 aliphatic carbocycles. The van der Waals surface area contributed by atoms with Gasteiger partial charge in [0.05, 0.1) is 5.75 Å². The molecule has 1 aromatic heterocycles. The highest BCUT2D eigenvalue weighted by atomic mass is 32.2. The molecule has 0 saturated heterocycles. The Morgan fingerprint density at radius 1 is 1.13 bits per heavy atom. The van der Waals surface area contributed by atoms with Crippen LogP contribution in [0.15, 0.2) is 41.6 Å². The Balaban J connectivity index is 2.10. The zero-order valence-electron chi connectivity index (χ0n) is 12.9. The molecule has 0 spiro atoms. The second-order valence-electron chi connectivity index (χ2n) is 4.93.